The Bertz CT molecular complexity index is 993. The Balaban J connectivity index is 2.11. The van der Waals surface area contributed by atoms with E-state index in [4.69, 9.17) is 0 Å². The number of hydrogen-bond donors (Lipinski definition) is 0. The monoisotopic (exact) mass is 254 g/mol. The molecule has 0 radical (unpaired) electrons. The van der Waals surface area contributed by atoms with Crippen molar-refractivity contribution < 1.29 is 0 Å². The third kappa shape index (κ3) is 1.21. The van der Waals surface area contributed by atoms with Crippen LogP contribution in [0.2, 0.25) is 0 Å². The molecule has 0 heteroatoms. The van der Waals surface area contributed by atoms with Crippen molar-refractivity contribution >= 4 is 32.3 Å². The summed E-state index contributed by atoms with van der Waals surface area (Å²) in [5, 5.41) is 8.45. The molecule has 0 saturated carbocycles. The summed E-state index contributed by atoms with van der Waals surface area (Å²) >= 11 is 0. The van der Waals surface area contributed by atoms with Crippen LogP contribution in [0.5, 0.6) is 0 Å². The number of rotatable bonds is 0. The van der Waals surface area contributed by atoms with Gasteiger partial charge in [0.25, 0.3) is 0 Å². The highest BCUT2D eigenvalue weighted by atomic mass is 14.2. The minimum atomic E-state index is 1.19. The summed E-state index contributed by atoms with van der Waals surface area (Å²) in [5.74, 6) is 0. The Hall–Kier alpha value is -2.34. The Morgan fingerprint density at radius 1 is 0.550 bits per heavy atom. The first-order chi connectivity index (χ1) is 9.92. The van der Waals surface area contributed by atoms with E-state index >= 15 is 0 Å². The molecule has 4 aromatic rings. The second-order valence-corrected chi connectivity index (χ2v) is 5.76. The first-order valence-corrected chi connectivity index (χ1v) is 7.27. The van der Waals surface area contributed by atoms with Crippen LogP contribution in [0.3, 0.4) is 0 Å². The van der Waals surface area contributed by atoms with Crippen molar-refractivity contribution in [1.29, 1.82) is 0 Å². The van der Waals surface area contributed by atoms with Gasteiger partial charge in [0, 0.05) is 0 Å². The van der Waals surface area contributed by atoms with E-state index in [1.165, 1.54) is 56.3 Å². The molecule has 1 aliphatic rings. The molecule has 0 aliphatic heterocycles. The molecule has 0 nitrogen and oxygen atoms in total. The molecule has 0 spiro atoms. The summed E-state index contributed by atoms with van der Waals surface area (Å²) in [7, 11) is 0. The Kier molecular flexibility index (Phi) is 1.88. The zero-order chi connectivity index (χ0) is 13.1. The van der Waals surface area contributed by atoms with E-state index in [1.807, 2.05) is 0 Å². The molecule has 0 N–H and O–H groups in total. The van der Waals surface area contributed by atoms with Crippen molar-refractivity contribution in [2.75, 3.05) is 0 Å². The zero-order valence-corrected chi connectivity index (χ0v) is 11.2. The lowest BCUT2D eigenvalue weighted by Crippen LogP contribution is -1.84. The average Bonchev–Trinajstić information content (AvgIpc) is 2.92. The first-order valence-electron chi connectivity index (χ1n) is 7.27. The van der Waals surface area contributed by atoms with Crippen molar-refractivity contribution in [2.45, 2.75) is 12.8 Å². The molecule has 5 rings (SSSR count). The minimum Gasteiger partial charge on any atom is -0.0616 e. The number of fused-ring (bicyclic) bond motifs is 4. The van der Waals surface area contributed by atoms with Crippen molar-refractivity contribution in [2.24, 2.45) is 0 Å². The summed E-state index contributed by atoms with van der Waals surface area (Å²) in [6, 6.07) is 22.5. The number of benzene rings is 4. The van der Waals surface area contributed by atoms with Gasteiger partial charge in [-0.25, -0.2) is 0 Å². The van der Waals surface area contributed by atoms with Crippen LogP contribution in [0, 0.1) is 0 Å². The molecule has 1 aliphatic carbocycles. The van der Waals surface area contributed by atoms with Gasteiger partial charge in [0.15, 0.2) is 0 Å². The lowest BCUT2D eigenvalue weighted by molar-refractivity contribution is 1.03. The smallest absolute Gasteiger partial charge is 0.00962 e. The van der Waals surface area contributed by atoms with Gasteiger partial charge in [-0.05, 0) is 62.4 Å². The Morgan fingerprint density at radius 2 is 1.40 bits per heavy atom. The quantitative estimate of drug-likeness (QED) is 0.376. The zero-order valence-electron chi connectivity index (χ0n) is 11.2. The average molecular weight is 254 g/mol. The van der Waals surface area contributed by atoms with E-state index in [0.717, 1.165) is 0 Å². The molecule has 0 heterocycles. The second kappa shape index (κ2) is 3.61. The number of aryl methyl sites for hydroxylation is 2. The van der Waals surface area contributed by atoms with Gasteiger partial charge in [0.1, 0.15) is 0 Å². The largest absolute Gasteiger partial charge is 0.0616 e. The summed E-state index contributed by atoms with van der Waals surface area (Å²) < 4.78 is 0. The summed E-state index contributed by atoms with van der Waals surface area (Å²) in [4.78, 5) is 0. The maximum Gasteiger partial charge on any atom is -0.00962 e. The fraction of sp³-hybridized carbons (Fsp3) is 0.100. The van der Waals surface area contributed by atoms with Crippen molar-refractivity contribution in [1.82, 2.24) is 0 Å². The fourth-order valence-electron chi connectivity index (χ4n) is 3.81. The predicted octanol–water partition coefficient (Wildman–Crippen LogP) is 5.24. The molecule has 0 aromatic heterocycles. The van der Waals surface area contributed by atoms with Gasteiger partial charge in [-0.1, -0.05) is 54.6 Å². The van der Waals surface area contributed by atoms with E-state index < -0.39 is 0 Å². The highest BCUT2D eigenvalue weighted by Crippen LogP contribution is 2.38. The van der Waals surface area contributed by atoms with Gasteiger partial charge < -0.3 is 0 Å². The highest BCUT2D eigenvalue weighted by Gasteiger charge is 2.16. The molecule has 94 valence electrons. The summed E-state index contributed by atoms with van der Waals surface area (Å²) in [5.41, 5.74) is 3.05. The normalized spacial score (nSPS) is 13.6. The van der Waals surface area contributed by atoms with Crippen LogP contribution in [0.1, 0.15) is 11.1 Å². The van der Waals surface area contributed by atoms with Crippen LogP contribution in [0.25, 0.3) is 32.3 Å². The van der Waals surface area contributed by atoms with E-state index in [1.54, 1.807) is 0 Å². The third-order valence-electron chi connectivity index (χ3n) is 4.71. The van der Waals surface area contributed by atoms with Crippen molar-refractivity contribution in [3.05, 3.63) is 71.8 Å². The summed E-state index contributed by atoms with van der Waals surface area (Å²) in [6.07, 6.45) is 2.38. The van der Waals surface area contributed by atoms with Crippen molar-refractivity contribution in [3.8, 4) is 0 Å². The van der Waals surface area contributed by atoms with Gasteiger partial charge in [-0.2, -0.15) is 0 Å². The van der Waals surface area contributed by atoms with E-state index in [-0.39, 0.29) is 0 Å². The summed E-state index contributed by atoms with van der Waals surface area (Å²) in [6.45, 7) is 0. The minimum absolute atomic E-state index is 1.19. The molecule has 0 fully saturated rings. The van der Waals surface area contributed by atoms with Crippen LogP contribution in [0.4, 0.5) is 0 Å². The van der Waals surface area contributed by atoms with E-state index in [0.29, 0.717) is 0 Å². The van der Waals surface area contributed by atoms with E-state index in [9.17, 15) is 0 Å². The van der Waals surface area contributed by atoms with Gasteiger partial charge in [-0.15, -0.1) is 0 Å². The lowest BCUT2D eigenvalue weighted by atomic mass is 9.94. The van der Waals surface area contributed by atoms with Crippen molar-refractivity contribution in [3.63, 3.8) is 0 Å². The fourth-order valence-corrected chi connectivity index (χ4v) is 3.81. The molecule has 20 heavy (non-hydrogen) atoms. The first kappa shape index (κ1) is 10.4. The van der Waals surface area contributed by atoms with Crippen LogP contribution < -0.4 is 0 Å². The third-order valence-corrected chi connectivity index (χ3v) is 4.71. The Morgan fingerprint density at radius 3 is 2.40 bits per heavy atom. The van der Waals surface area contributed by atoms with Crippen LogP contribution >= 0.6 is 0 Å². The standard InChI is InChI=1S/C20H14/c1-2-6-16-13(4-1)10-11-17-18-7-3-5-14-8-9-15(20(14)18)12-19(16)17/h1-7,10-12H,8-9H2. The van der Waals surface area contributed by atoms with Gasteiger partial charge in [0.2, 0.25) is 0 Å². The number of hydrogen-bond acceptors (Lipinski definition) is 0. The molecule has 0 amide bonds. The molecule has 0 atom stereocenters. The van der Waals surface area contributed by atoms with Gasteiger partial charge >= 0.3 is 0 Å². The molecule has 0 bridgehead atoms. The molecule has 0 saturated heterocycles. The van der Waals surface area contributed by atoms with Gasteiger partial charge in [-0.3, -0.25) is 0 Å². The van der Waals surface area contributed by atoms with Crippen LogP contribution in [-0.4, -0.2) is 0 Å². The molecule has 4 aromatic carbocycles. The lowest BCUT2D eigenvalue weighted by Gasteiger charge is -2.09. The molecular weight excluding hydrogens is 240 g/mol. The molecular formula is C20H14. The maximum absolute atomic E-state index is 2.43. The molecule has 0 unspecified atom stereocenters. The topological polar surface area (TPSA) is 0 Å². The van der Waals surface area contributed by atoms with Crippen LogP contribution in [0.15, 0.2) is 60.7 Å². The highest BCUT2D eigenvalue weighted by molar-refractivity contribution is 6.18. The van der Waals surface area contributed by atoms with E-state index in [2.05, 4.69) is 60.7 Å². The second-order valence-electron chi connectivity index (χ2n) is 5.76. The van der Waals surface area contributed by atoms with Gasteiger partial charge in [0.05, 0.1) is 0 Å². The maximum atomic E-state index is 2.43. The predicted molar refractivity (Wildman–Crippen MR) is 86.4 cm³/mol. The SMILES string of the molecule is c1ccc2c(c1)ccc1c3cccc4c3c(cc21)CC4. The Labute approximate surface area is 117 Å². The van der Waals surface area contributed by atoms with Crippen LogP contribution in [-0.2, 0) is 12.8 Å².